The molecular weight excluding hydrogens is 310 g/mol. The number of carbonyl (C=O) groups excluding carboxylic acids is 1. The fourth-order valence-corrected chi connectivity index (χ4v) is 4.12. The van der Waals surface area contributed by atoms with Gasteiger partial charge in [-0.2, -0.15) is 0 Å². The number of rotatable bonds is 2. The zero-order chi connectivity index (χ0) is 15.1. The Balaban J connectivity index is 0.00000156. The molecule has 5 heteroatoms. The second-order valence-corrected chi connectivity index (χ2v) is 6.55. The van der Waals surface area contributed by atoms with E-state index in [2.05, 4.69) is 29.4 Å². The first-order valence-electron chi connectivity index (χ1n) is 8.40. The number of benzene rings is 1. The van der Waals surface area contributed by atoms with Crippen molar-refractivity contribution in [1.29, 1.82) is 0 Å². The fourth-order valence-electron chi connectivity index (χ4n) is 4.12. The van der Waals surface area contributed by atoms with E-state index in [4.69, 9.17) is 0 Å². The second kappa shape index (κ2) is 6.54. The first kappa shape index (κ1) is 16.3. The number of H-pyrrole nitrogens is 1. The number of likely N-dealkylation sites (tertiary alicyclic amines) is 1. The van der Waals surface area contributed by atoms with E-state index in [1.54, 1.807) is 0 Å². The summed E-state index contributed by atoms with van der Waals surface area (Å²) in [5, 5.41) is 4.75. The average Bonchev–Trinajstić information content (AvgIpc) is 3.15. The molecule has 4 nitrogen and oxygen atoms in total. The summed E-state index contributed by atoms with van der Waals surface area (Å²) in [6.45, 7) is 4.96. The summed E-state index contributed by atoms with van der Waals surface area (Å²) in [5.41, 5.74) is 3.02. The Morgan fingerprint density at radius 1 is 1.30 bits per heavy atom. The predicted octanol–water partition coefficient (Wildman–Crippen LogP) is 2.98. The summed E-state index contributed by atoms with van der Waals surface area (Å²) in [5.74, 6) is 0.802. The summed E-state index contributed by atoms with van der Waals surface area (Å²) in [6, 6.07) is 8.70. The van der Waals surface area contributed by atoms with Crippen molar-refractivity contribution >= 4 is 29.2 Å². The number of aryl methyl sites for hydroxylation is 1. The number of nitrogens with zero attached hydrogens (tertiary/aromatic N) is 1. The van der Waals surface area contributed by atoms with Crippen molar-refractivity contribution in [3.8, 4) is 0 Å². The van der Waals surface area contributed by atoms with Crippen LogP contribution < -0.4 is 5.32 Å². The third-order valence-corrected chi connectivity index (χ3v) is 5.27. The third-order valence-electron chi connectivity index (χ3n) is 5.27. The number of para-hydroxylation sites is 1. The minimum atomic E-state index is 0. The lowest BCUT2D eigenvalue weighted by Crippen LogP contribution is -2.41. The molecule has 124 valence electrons. The van der Waals surface area contributed by atoms with Gasteiger partial charge in [0.1, 0.15) is 5.69 Å². The molecule has 1 aromatic heterocycles. The standard InChI is InChI=1S/C18H23N3O.ClH/c1-2-13-14-7-3-4-8-15(14)20-17(13)18(22)21-10-12-6-5-9-19-16(12)11-21;/h3-4,7-8,12,16,19-20H,2,5-6,9-11H2,1H3;1H/t12-,16+;/m0./s1. The van der Waals surface area contributed by atoms with Gasteiger partial charge in [0.2, 0.25) is 0 Å². The first-order chi connectivity index (χ1) is 10.8. The topological polar surface area (TPSA) is 48.1 Å². The van der Waals surface area contributed by atoms with Gasteiger partial charge in [-0.3, -0.25) is 4.79 Å². The summed E-state index contributed by atoms with van der Waals surface area (Å²) < 4.78 is 0. The van der Waals surface area contributed by atoms with Crippen LogP contribution in [0.5, 0.6) is 0 Å². The smallest absolute Gasteiger partial charge is 0.270 e. The molecule has 1 amide bonds. The Hall–Kier alpha value is -1.52. The quantitative estimate of drug-likeness (QED) is 0.887. The number of hydrogen-bond acceptors (Lipinski definition) is 2. The number of halogens is 1. The van der Waals surface area contributed by atoms with Crippen LogP contribution in [-0.4, -0.2) is 41.5 Å². The Kier molecular flexibility index (Phi) is 4.64. The lowest BCUT2D eigenvalue weighted by Gasteiger charge is -2.24. The monoisotopic (exact) mass is 333 g/mol. The molecule has 2 aromatic rings. The lowest BCUT2D eigenvalue weighted by molar-refractivity contribution is 0.0779. The first-order valence-corrected chi connectivity index (χ1v) is 8.40. The Labute approximate surface area is 143 Å². The fraction of sp³-hybridized carbons (Fsp3) is 0.500. The summed E-state index contributed by atoms with van der Waals surface area (Å²) in [6.07, 6.45) is 3.36. The third kappa shape index (κ3) is 2.74. The van der Waals surface area contributed by atoms with Gasteiger partial charge in [0.15, 0.2) is 0 Å². The zero-order valence-electron chi connectivity index (χ0n) is 13.5. The van der Waals surface area contributed by atoms with E-state index in [-0.39, 0.29) is 18.3 Å². The molecule has 0 spiro atoms. The van der Waals surface area contributed by atoms with Crippen LogP contribution in [0.3, 0.4) is 0 Å². The highest BCUT2D eigenvalue weighted by atomic mass is 35.5. The van der Waals surface area contributed by atoms with Crippen LogP contribution in [-0.2, 0) is 6.42 Å². The normalized spacial score (nSPS) is 23.6. The Bertz CT molecular complexity index is 697. The van der Waals surface area contributed by atoms with Gasteiger partial charge in [-0.1, -0.05) is 25.1 Å². The molecule has 0 saturated carbocycles. The summed E-state index contributed by atoms with van der Waals surface area (Å²) in [7, 11) is 0. The number of amides is 1. The van der Waals surface area contributed by atoms with Gasteiger partial charge in [-0.15, -0.1) is 12.4 Å². The van der Waals surface area contributed by atoms with Crippen molar-refractivity contribution < 1.29 is 4.79 Å². The van der Waals surface area contributed by atoms with Crippen molar-refractivity contribution in [2.75, 3.05) is 19.6 Å². The lowest BCUT2D eigenvalue weighted by atomic mass is 9.94. The van der Waals surface area contributed by atoms with E-state index in [1.807, 2.05) is 17.0 Å². The number of aromatic nitrogens is 1. The molecule has 2 N–H and O–H groups in total. The predicted molar refractivity (Wildman–Crippen MR) is 95.3 cm³/mol. The maximum absolute atomic E-state index is 13.0. The summed E-state index contributed by atoms with van der Waals surface area (Å²) >= 11 is 0. The van der Waals surface area contributed by atoms with Crippen molar-refractivity contribution in [1.82, 2.24) is 15.2 Å². The van der Waals surface area contributed by atoms with E-state index >= 15 is 0 Å². The van der Waals surface area contributed by atoms with Crippen LogP contribution >= 0.6 is 12.4 Å². The highest BCUT2D eigenvalue weighted by Crippen LogP contribution is 2.29. The van der Waals surface area contributed by atoms with Crippen LogP contribution in [0.25, 0.3) is 10.9 Å². The number of aromatic amines is 1. The number of fused-ring (bicyclic) bond motifs is 2. The number of piperidine rings is 1. The van der Waals surface area contributed by atoms with Gasteiger partial charge in [-0.25, -0.2) is 0 Å². The van der Waals surface area contributed by atoms with E-state index in [1.165, 1.54) is 18.2 Å². The molecule has 3 heterocycles. The van der Waals surface area contributed by atoms with Gasteiger partial charge in [0, 0.05) is 30.0 Å². The van der Waals surface area contributed by atoms with E-state index in [0.29, 0.717) is 12.0 Å². The Morgan fingerprint density at radius 3 is 2.91 bits per heavy atom. The van der Waals surface area contributed by atoms with Crippen LogP contribution in [0.4, 0.5) is 0 Å². The van der Waals surface area contributed by atoms with Crippen molar-refractivity contribution in [3.63, 3.8) is 0 Å². The molecule has 0 radical (unpaired) electrons. The van der Waals surface area contributed by atoms with Crippen LogP contribution in [0.15, 0.2) is 24.3 Å². The Morgan fingerprint density at radius 2 is 2.13 bits per heavy atom. The van der Waals surface area contributed by atoms with Crippen LogP contribution in [0, 0.1) is 5.92 Å². The molecule has 2 aliphatic rings. The van der Waals surface area contributed by atoms with E-state index in [9.17, 15) is 4.79 Å². The number of hydrogen-bond donors (Lipinski definition) is 2. The van der Waals surface area contributed by atoms with Crippen LogP contribution in [0.2, 0.25) is 0 Å². The molecule has 1 aromatic carbocycles. The SMILES string of the molecule is CCc1c(C(=O)N2C[C@@H]3CCCN[C@@H]3C2)[nH]c2ccccc12.Cl. The highest BCUT2D eigenvalue weighted by molar-refractivity contribution is 6.01. The van der Waals surface area contributed by atoms with E-state index in [0.717, 1.165) is 42.8 Å². The van der Waals surface area contributed by atoms with Crippen molar-refractivity contribution in [2.45, 2.75) is 32.2 Å². The van der Waals surface area contributed by atoms with E-state index < -0.39 is 0 Å². The minimum Gasteiger partial charge on any atom is -0.350 e. The molecule has 2 atom stereocenters. The average molecular weight is 334 g/mol. The number of nitrogens with one attached hydrogen (secondary N) is 2. The van der Waals surface area contributed by atoms with Crippen molar-refractivity contribution in [2.24, 2.45) is 5.92 Å². The minimum absolute atomic E-state index is 0. The van der Waals surface area contributed by atoms with Gasteiger partial charge < -0.3 is 15.2 Å². The van der Waals surface area contributed by atoms with Crippen LogP contribution in [0.1, 0.15) is 35.8 Å². The van der Waals surface area contributed by atoms with Gasteiger partial charge in [0.25, 0.3) is 5.91 Å². The van der Waals surface area contributed by atoms with Gasteiger partial charge in [0.05, 0.1) is 0 Å². The highest BCUT2D eigenvalue weighted by Gasteiger charge is 2.37. The second-order valence-electron chi connectivity index (χ2n) is 6.55. The molecular formula is C18H24ClN3O. The maximum atomic E-state index is 13.0. The number of carbonyl (C=O) groups is 1. The molecule has 0 unspecified atom stereocenters. The van der Waals surface area contributed by atoms with Crippen molar-refractivity contribution in [3.05, 3.63) is 35.5 Å². The van der Waals surface area contributed by atoms with Gasteiger partial charge in [-0.05, 0) is 43.4 Å². The molecule has 2 fully saturated rings. The maximum Gasteiger partial charge on any atom is 0.270 e. The van der Waals surface area contributed by atoms with Gasteiger partial charge >= 0.3 is 0 Å². The molecule has 0 bridgehead atoms. The molecule has 23 heavy (non-hydrogen) atoms. The summed E-state index contributed by atoms with van der Waals surface area (Å²) in [4.78, 5) is 18.4. The molecule has 4 rings (SSSR count). The zero-order valence-corrected chi connectivity index (χ0v) is 14.3. The molecule has 2 aliphatic heterocycles. The largest absolute Gasteiger partial charge is 0.350 e. The molecule has 0 aliphatic carbocycles. The molecule has 2 saturated heterocycles.